The van der Waals surface area contributed by atoms with Crippen molar-refractivity contribution in [2.75, 3.05) is 37.6 Å². The molecule has 0 amide bonds. The molecule has 1 aliphatic rings. The van der Waals surface area contributed by atoms with Crippen LogP contribution in [0.15, 0.2) is 6.20 Å². The van der Waals surface area contributed by atoms with Crippen LogP contribution in [0.4, 0.5) is 5.13 Å². The highest BCUT2D eigenvalue weighted by Gasteiger charge is 2.25. The lowest BCUT2D eigenvalue weighted by molar-refractivity contribution is 0.149. The van der Waals surface area contributed by atoms with Gasteiger partial charge in [-0.3, -0.25) is 4.90 Å². The summed E-state index contributed by atoms with van der Waals surface area (Å²) >= 11 is 1.84. The van der Waals surface area contributed by atoms with Crippen LogP contribution in [-0.2, 0) is 6.54 Å². The fourth-order valence-electron chi connectivity index (χ4n) is 2.61. The van der Waals surface area contributed by atoms with Crippen LogP contribution in [0.1, 0.15) is 32.6 Å². The van der Waals surface area contributed by atoms with Crippen molar-refractivity contribution in [3.8, 4) is 0 Å². The number of aromatic nitrogens is 1. The van der Waals surface area contributed by atoms with Crippen molar-refractivity contribution in [3.63, 3.8) is 0 Å². The number of hydrogen-bond donors (Lipinski definition) is 1. The van der Waals surface area contributed by atoms with Gasteiger partial charge in [-0.05, 0) is 27.7 Å². The molecular weight excluding hydrogens is 256 g/mol. The third kappa shape index (κ3) is 3.91. The van der Waals surface area contributed by atoms with Crippen LogP contribution >= 0.6 is 11.3 Å². The Morgan fingerprint density at radius 1 is 1.42 bits per heavy atom. The highest BCUT2D eigenvalue weighted by atomic mass is 32.1. The molecule has 0 radical (unpaired) electrons. The highest BCUT2D eigenvalue weighted by Crippen LogP contribution is 2.24. The maximum absolute atomic E-state index is 4.56. The molecule has 0 saturated carbocycles. The molecule has 2 heterocycles. The fourth-order valence-corrected chi connectivity index (χ4v) is 3.69. The van der Waals surface area contributed by atoms with Gasteiger partial charge in [0.1, 0.15) is 0 Å². The largest absolute Gasteiger partial charge is 0.349 e. The molecule has 1 fully saturated rings. The van der Waals surface area contributed by atoms with Crippen molar-refractivity contribution >= 4 is 16.5 Å². The van der Waals surface area contributed by atoms with Gasteiger partial charge < -0.3 is 10.2 Å². The lowest BCUT2D eigenvalue weighted by Crippen LogP contribution is -2.56. The summed E-state index contributed by atoms with van der Waals surface area (Å²) in [5.74, 6) is 0. The summed E-state index contributed by atoms with van der Waals surface area (Å²) in [5, 5.41) is 4.72. The zero-order valence-corrected chi connectivity index (χ0v) is 13.4. The van der Waals surface area contributed by atoms with Gasteiger partial charge in [-0.1, -0.05) is 0 Å². The molecule has 1 aliphatic heterocycles. The van der Waals surface area contributed by atoms with Gasteiger partial charge in [0, 0.05) is 55.9 Å². The van der Waals surface area contributed by atoms with Gasteiger partial charge in [-0.15, -0.1) is 11.3 Å². The Labute approximate surface area is 120 Å². The van der Waals surface area contributed by atoms with E-state index in [2.05, 4.69) is 47.8 Å². The smallest absolute Gasteiger partial charge is 0.185 e. The summed E-state index contributed by atoms with van der Waals surface area (Å²) in [4.78, 5) is 10.8. The first-order valence-electron chi connectivity index (χ1n) is 7.21. The number of anilines is 1. The Morgan fingerprint density at radius 2 is 2.16 bits per heavy atom. The number of thiazole rings is 1. The second-order valence-electron chi connectivity index (χ2n) is 5.80. The minimum atomic E-state index is 0.227. The summed E-state index contributed by atoms with van der Waals surface area (Å²) in [6, 6.07) is 0. The Morgan fingerprint density at radius 3 is 2.79 bits per heavy atom. The van der Waals surface area contributed by atoms with Crippen molar-refractivity contribution in [2.45, 2.75) is 39.8 Å². The second kappa shape index (κ2) is 6.20. The zero-order chi connectivity index (χ0) is 13.9. The highest BCUT2D eigenvalue weighted by molar-refractivity contribution is 7.15. The van der Waals surface area contributed by atoms with Crippen molar-refractivity contribution < 1.29 is 0 Å². The molecule has 0 aromatic carbocycles. The predicted octanol–water partition coefficient (Wildman–Crippen LogP) is 2.17. The minimum Gasteiger partial charge on any atom is -0.349 e. The van der Waals surface area contributed by atoms with E-state index in [-0.39, 0.29) is 5.54 Å². The number of rotatable bonds is 5. The molecule has 1 aromatic rings. The predicted molar refractivity (Wildman–Crippen MR) is 83.0 cm³/mol. The van der Waals surface area contributed by atoms with E-state index in [0.29, 0.717) is 0 Å². The maximum Gasteiger partial charge on any atom is 0.185 e. The summed E-state index contributed by atoms with van der Waals surface area (Å²) in [6.07, 6.45) is 2.05. The average Bonchev–Trinajstić information content (AvgIpc) is 2.78. The van der Waals surface area contributed by atoms with Crippen molar-refractivity contribution in [1.29, 1.82) is 0 Å². The van der Waals surface area contributed by atoms with Gasteiger partial charge in [0.25, 0.3) is 0 Å². The quantitative estimate of drug-likeness (QED) is 0.897. The molecule has 1 aromatic heterocycles. The third-order valence-corrected chi connectivity index (χ3v) is 4.65. The maximum atomic E-state index is 4.56. The van der Waals surface area contributed by atoms with Crippen molar-refractivity contribution in [2.24, 2.45) is 0 Å². The molecule has 4 nitrogen and oxygen atoms in total. The molecule has 1 N–H and O–H groups in total. The summed E-state index contributed by atoms with van der Waals surface area (Å²) in [6.45, 7) is 15.3. The van der Waals surface area contributed by atoms with Crippen LogP contribution in [-0.4, -0.2) is 48.1 Å². The van der Waals surface area contributed by atoms with Crippen molar-refractivity contribution in [3.05, 3.63) is 11.1 Å². The molecular formula is C14H26N4S. The van der Waals surface area contributed by atoms with E-state index in [0.717, 1.165) is 44.4 Å². The molecule has 19 heavy (non-hydrogen) atoms. The Bertz CT molecular complexity index is 398. The van der Waals surface area contributed by atoms with Gasteiger partial charge in [0.15, 0.2) is 5.13 Å². The average molecular weight is 282 g/mol. The SMILES string of the molecule is CCN(CC)c1ncc(CN2CCNC(C)(C)C2)s1. The molecule has 0 aliphatic carbocycles. The molecule has 0 spiro atoms. The lowest BCUT2D eigenvalue weighted by atomic mass is 10.0. The first-order chi connectivity index (χ1) is 9.04. The topological polar surface area (TPSA) is 31.4 Å². The van der Waals surface area contributed by atoms with E-state index in [4.69, 9.17) is 0 Å². The van der Waals surface area contributed by atoms with Gasteiger partial charge in [0.05, 0.1) is 0 Å². The number of piperazine rings is 1. The lowest BCUT2D eigenvalue weighted by Gasteiger charge is -2.38. The van der Waals surface area contributed by atoms with Crippen molar-refractivity contribution in [1.82, 2.24) is 15.2 Å². The molecule has 0 unspecified atom stereocenters. The molecule has 1 saturated heterocycles. The first-order valence-corrected chi connectivity index (χ1v) is 8.02. The standard InChI is InChI=1S/C14H26N4S/c1-5-18(6-2)13-15-9-12(19-13)10-17-8-7-16-14(3,4)11-17/h9,16H,5-8,10-11H2,1-4H3. The number of nitrogens with one attached hydrogen (secondary N) is 1. The normalized spacial score (nSPS) is 19.6. The van der Waals surface area contributed by atoms with Crippen LogP contribution in [0.3, 0.4) is 0 Å². The fraction of sp³-hybridized carbons (Fsp3) is 0.786. The Balaban J connectivity index is 1.96. The molecule has 5 heteroatoms. The van der Waals surface area contributed by atoms with Gasteiger partial charge >= 0.3 is 0 Å². The van der Waals surface area contributed by atoms with Crippen LogP contribution < -0.4 is 10.2 Å². The van der Waals surface area contributed by atoms with E-state index in [9.17, 15) is 0 Å². The van der Waals surface area contributed by atoms with E-state index < -0.39 is 0 Å². The van der Waals surface area contributed by atoms with E-state index >= 15 is 0 Å². The van der Waals surface area contributed by atoms with E-state index in [1.54, 1.807) is 0 Å². The molecule has 108 valence electrons. The number of hydrogen-bond acceptors (Lipinski definition) is 5. The van der Waals surface area contributed by atoms with Crippen LogP contribution in [0.5, 0.6) is 0 Å². The Kier molecular flexibility index (Phi) is 4.81. The third-order valence-electron chi connectivity index (χ3n) is 3.61. The van der Waals surface area contributed by atoms with E-state index in [1.165, 1.54) is 4.88 Å². The van der Waals surface area contributed by atoms with Gasteiger partial charge in [0.2, 0.25) is 0 Å². The first kappa shape index (κ1) is 14.8. The van der Waals surface area contributed by atoms with Gasteiger partial charge in [-0.2, -0.15) is 0 Å². The summed E-state index contributed by atoms with van der Waals surface area (Å²) < 4.78 is 0. The van der Waals surface area contributed by atoms with Crippen LogP contribution in [0, 0.1) is 0 Å². The Hall–Kier alpha value is -0.650. The van der Waals surface area contributed by atoms with Crippen LogP contribution in [0.2, 0.25) is 0 Å². The summed E-state index contributed by atoms with van der Waals surface area (Å²) in [5.41, 5.74) is 0.227. The monoisotopic (exact) mass is 282 g/mol. The zero-order valence-electron chi connectivity index (χ0n) is 12.6. The van der Waals surface area contributed by atoms with Crippen LogP contribution in [0.25, 0.3) is 0 Å². The molecule has 2 rings (SSSR count). The molecule has 0 bridgehead atoms. The summed E-state index contributed by atoms with van der Waals surface area (Å²) in [7, 11) is 0. The second-order valence-corrected chi connectivity index (χ2v) is 6.90. The molecule has 0 atom stereocenters. The minimum absolute atomic E-state index is 0.227. The van der Waals surface area contributed by atoms with E-state index in [1.807, 2.05) is 17.5 Å². The number of nitrogens with zero attached hydrogens (tertiary/aromatic N) is 3. The van der Waals surface area contributed by atoms with Gasteiger partial charge in [-0.25, -0.2) is 4.98 Å².